The summed E-state index contributed by atoms with van der Waals surface area (Å²) >= 11 is 0. The van der Waals surface area contributed by atoms with Crippen LogP contribution in [-0.4, -0.2) is 30.3 Å². The fraction of sp³-hybridized carbons (Fsp3) is 0.909. The smallest absolute Gasteiger partial charge is 0.143 e. The highest BCUT2D eigenvalue weighted by molar-refractivity contribution is 5.85. The van der Waals surface area contributed by atoms with Crippen LogP contribution in [0.4, 0.5) is 0 Å². The van der Waals surface area contributed by atoms with Crippen LogP contribution in [0.2, 0.25) is 0 Å². The summed E-state index contributed by atoms with van der Waals surface area (Å²) in [6.45, 7) is 8.84. The minimum absolute atomic E-state index is 0. The molecule has 0 amide bonds. The lowest BCUT2D eigenvalue weighted by Crippen LogP contribution is -2.30. The molecule has 2 nitrogen and oxygen atoms in total. The molecule has 14 heavy (non-hydrogen) atoms. The molecule has 3 heteroatoms. The van der Waals surface area contributed by atoms with Crippen molar-refractivity contribution in [3.8, 4) is 0 Å². The Morgan fingerprint density at radius 1 is 1.07 bits per heavy atom. The molecule has 0 saturated carbocycles. The molecule has 0 heterocycles. The van der Waals surface area contributed by atoms with Gasteiger partial charge in [-0.05, 0) is 32.9 Å². The van der Waals surface area contributed by atoms with Crippen LogP contribution in [0.5, 0.6) is 0 Å². The van der Waals surface area contributed by atoms with E-state index in [1.165, 1.54) is 25.7 Å². The Bertz CT molecular complexity index is 131. The Kier molecular flexibility index (Phi) is 12.8. The Hall–Kier alpha value is -0.0800. The topological polar surface area (TPSA) is 20.3 Å². The molecular weight excluding hydrogens is 198 g/mol. The lowest BCUT2D eigenvalue weighted by molar-refractivity contribution is -0.118. The number of hydrogen-bond acceptors (Lipinski definition) is 2. The fourth-order valence-corrected chi connectivity index (χ4v) is 1.35. The van der Waals surface area contributed by atoms with Gasteiger partial charge in [-0.3, -0.25) is 9.69 Å². The first kappa shape index (κ1) is 16.4. The zero-order valence-corrected chi connectivity index (χ0v) is 10.5. The molecule has 0 aromatic rings. The van der Waals surface area contributed by atoms with E-state index in [0.717, 1.165) is 13.1 Å². The van der Waals surface area contributed by atoms with Crippen molar-refractivity contribution in [2.45, 2.75) is 46.5 Å². The number of carbonyl (C=O) groups is 1. The summed E-state index contributed by atoms with van der Waals surface area (Å²) in [4.78, 5) is 13.2. The maximum absolute atomic E-state index is 10.9. The van der Waals surface area contributed by atoms with Gasteiger partial charge in [0.15, 0.2) is 0 Å². The summed E-state index contributed by atoms with van der Waals surface area (Å²) in [5.41, 5.74) is 0. The van der Waals surface area contributed by atoms with E-state index in [-0.39, 0.29) is 18.2 Å². The molecule has 0 bridgehead atoms. The van der Waals surface area contributed by atoms with Gasteiger partial charge >= 0.3 is 0 Å². The number of nitrogens with zero attached hydrogens (tertiary/aromatic N) is 1. The SMILES string of the molecule is CCCCN(CCCC)CC(C)=O.Cl. The van der Waals surface area contributed by atoms with Crippen molar-refractivity contribution in [1.82, 2.24) is 4.90 Å². The van der Waals surface area contributed by atoms with E-state index in [0.29, 0.717) is 6.54 Å². The standard InChI is InChI=1S/C11H23NO.ClH/c1-4-6-8-12(9-7-5-2)10-11(3)13;/h4-10H2,1-3H3;1H. The maximum atomic E-state index is 10.9. The first-order valence-electron chi connectivity index (χ1n) is 5.42. The van der Waals surface area contributed by atoms with Gasteiger partial charge in [-0.1, -0.05) is 26.7 Å². The van der Waals surface area contributed by atoms with Crippen molar-refractivity contribution in [3.05, 3.63) is 0 Å². The third-order valence-electron chi connectivity index (χ3n) is 2.10. The van der Waals surface area contributed by atoms with Crippen LogP contribution in [0.15, 0.2) is 0 Å². The normalized spacial score (nSPS) is 10.0. The average Bonchev–Trinajstić information content (AvgIpc) is 2.09. The highest BCUT2D eigenvalue weighted by atomic mass is 35.5. The van der Waals surface area contributed by atoms with E-state index in [4.69, 9.17) is 0 Å². The lowest BCUT2D eigenvalue weighted by atomic mass is 10.2. The van der Waals surface area contributed by atoms with Crippen LogP contribution < -0.4 is 0 Å². The number of ketones is 1. The van der Waals surface area contributed by atoms with Gasteiger partial charge in [0.05, 0.1) is 6.54 Å². The molecule has 0 fully saturated rings. The van der Waals surface area contributed by atoms with Crippen LogP contribution in [0.3, 0.4) is 0 Å². The predicted molar refractivity (Wildman–Crippen MR) is 64.2 cm³/mol. The average molecular weight is 222 g/mol. The van der Waals surface area contributed by atoms with E-state index in [2.05, 4.69) is 18.7 Å². The van der Waals surface area contributed by atoms with Gasteiger partial charge < -0.3 is 0 Å². The zero-order valence-electron chi connectivity index (χ0n) is 9.71. The number of hydrogen-bond donors (Lipinski definition) is 0. The molecular formula is C11H24ClNO. The molecule has 0 aromatic carbocycles. The fourth-order valence-electron chi connectivity index (χ4n) is 1.35. The van der Waals surface area contributed by atoms with Gasteiger partial charge in [0.1, 0.15) is 5.78 Å². The Balaban J connectivity index is 0. The molecule has 0 spiro atoms. The second-order valence-corrected chi connectivity index (χ2v) is 3.69. The van der Waals surface area contributed by atoms with Crippen LogP contribution in [0.25, 0.3) is 0 Å². The molecule has 0 N–H and O–H groups in total. The minimum Gasteiger partial charge on any atom is -0.299 e. The first-order chi connectivity index (χ1) is 6.20. The van der Waals surface area contributed by atoms with Gasteiger partial charge in [-0.2, -0.15) is 0 Å². The minimum atomic E-state index is 0. The highest BCUT2D eigenvalue weighted by Crippen LogP contribution is 1.98. The van der Waals surface area contributed by atoms with Crippen molar-refractivity contribution in [3.63, 3.8) is 0 Å². The molecule has 0 radical (unpaired) electrons. The van der Waals surface area contributed by atoms with Crippen molar-refractivity contribution in [2.24, 2.45) is 0 Å². The molecule has 0 aliphatic heterocycles. The molecule has 86 valence electrons. The Morgan fingerprint density at radius 2 is 1.50 bits per heavy atom. The summed E-state index contributed by atoms with van der Waals surface area (Å²) in [5, 5.41) is 0. The predicted octanol–water partition coefficient (Wildman–Crippen LogP) is 2.90. The summed E-state index contributed by atoms with van der Waals surface area (Å²) in [7, 11) is 0. The van der Waals surface area contributed by atoms with E-state index >= 15 is 0 Å². The van der Waals surface area contributed by atoms with Crippen LogP contribution in [-0.2, 0) is 4.79 Å². The third-order valence-corrected chi connectivity index (χ3v) is 2.10. The van der Waals surface area contributed by atoms with E-state index in [9.17, 15) is 4.79 Å². The van der Waals surface area contributed by atoms with Gasteiger partial charge in [-0.15, -0.1) is 12.4 Å². The van der Waals surface area contributed by atoms with Crippen molar-refractivity contribution >= 4 is 18.2 Å². The van der Waals surface area contributed by atoms with Gasteiger partial charge in [-0.25, -0.2) is 0 Å². The molecule has 0 aliphatic carbocycles. The molecule has 0 aliphatic rings. The number of halogens is 1. The molecule has 0 unspecified atom stereocenters. The van der Waals surface area contributed by atoms with Crippen molar-refractivity contribution < 1.29 is 4.79 Å². The summed E-state index contributed by atoms with van der Waals surface area (Å²) in [6, 6.07) is 0. The highest BCUT2D eigenvalue weighted by Gasteiger charge is 2.05. The molecule has 0 atom stereocenters. The van der Waals surface area contributed by atoms with Crippen LogP contribution in [0, 0.1) is 0 Å². The van der Waals surface area contributed by atoms with E-state index in [1.807, 2.05) is 0 Å². The summed E-state index contributed by atoms with van der Waals surface area (Å²) in [6.07, 6.45) is 4.83. The first-order valence-corrected chi connectivity index (χ1v) is 5.42. The number of Topliss-reactive ketones (excluding diaryl/α,β-unsaturated/α-hetero) is 1. The third kappa shape index (κ3) is 10.0. The van der Waals surface area contributed by atoms with Crippen LogP contribution in [0.1, 0.15) is 46.5 Å². The summed E-state index contributed by atoms with van der Waals surface area (Å²) in [5.74, 6) is 0.284. The van der Waals surface area contributed by atoms with Crippen molar-refractivity contribution in [2.75, 3.05) is 19.6 Å². The quantitative estimate of drug-likeness (QED) is 0.628. The van der Waals surface area contributed by atoms with Gasteiger partial charge in [0, 0.05) is 0 Å². The maximum Gasteiger partial charge on any atom is 0.143 e. The Labute approximate surface area is 94.5 Å². The van der Waals surface area contributed by atoms with Crippen molar-refractivity contribution in [1.29, 1.82) is 0 Å². The van der Waals surface area contributed by atoms with Gasteiger partial charge in [0.2, 0.25) is 0 Å². The zero-order chi connectivity index (χ0) is 10.1. The second-order valence-electron chi connectivity index (χ2n) is 3.69. The van der Waals surface area contributed by atoms with E-state index < -0.39 is 0 Å². The summed E-state index contributed by atoms with van der Waals surface area (Å²) < 4.78 is 0. The number of rotatable bonds is 8. The second kappa shape index (κ2) is 11.0. The van der Waals surface area contributed by atoms with Crippen LogP contribution >= 0.6 is 12.4 Å². The number of carbonyl (C=O) groups excluding carboxylic acids is 1. The largest absolute Gasteiger partial charge is 0.299 e. The Morgan fingerprint density at radius 3 is 1.79 bits per heavy atom. The van der Waals surface area contributed by atoms with E-state index in [1.54, 1.807) is 6.92 Å². The molecule has 0 rings (SSSR count). The lowest BCUT2D eigenvalue weighted by Gasteiger charge is -2.19. The molecule has 0 aromatic heterocycles. The molecule has 0 saturated heterocycles. The van der Waals surface area contributed by atoms with Gasteiger partial charge in [0.25, 0.3) is 0 Å². The number of unbranched alkanes of at least 4 members (excludes halogenated alkanes) is 2. The monoisotopic (exact) mass is 221 g/mol.